The van der Waals surface area contributed by atoms with E-state index in [1.54, 1.807) is 4.90 Å². The minimum Gasteiger partial charge on any atom is -0.365 e. The maximum atomic E-state index is 13.8. The van der Waals surface area contributed by atoms with Gasteiger partial charge in [0.2, 0.25) is 5.91 Å². The highest BCUT2D eigenvalue weighted by Gasteiger charge is 2.30. The Labute approximate surface area is 146 Å². The van der Waals surface area contributed by atoms with Crippen LogP contribution in [0.5, 0.6) is 0 Å². The van der Waals surface area contributed by atoms with Crippen LogP contribution < -0.4 is 15.5 Å². The van der Waals surface area contributed by atoms with E-state index in [9.17, 15) is 13.6 Å². The summed E-state index contributed by atoms with van der Waals surface area (Å²) >= 11 is 0. The van der Waals surface area contributed by atoms with Gasteiger partial charge in [0.1, 0.15) is 17.3 Å². The number of para-hydroxylation sites is 1. The molecular weight excluding hydrogens is 347 g/mol. The topological polar surface area (TPSA) is 44.4 Å². The molecule has 0 bridgehead atoms. The first kappa shape index (κ1) is 19.9. The van der Waals surface area contributed by atoms with Gasteiger partial charge in [-0.3, -0.25) is 4.79 Å². The van der Waals surface area contributed by atoms with E-state index in [1.165, 1.54) is 18.2 Å². The second kappa shape index (κ2) is 8.66. The van der Waals surface area contributed by atoms with E-state index >= 15 is 0 Å². The number of hydrogen-bond donors (Lipinski definition) is 2. The first-order chi connectivity index (χ1) is 10.1. The number of nitrogens with one attached hydrogen (secondary N) is 2. The number of nitrogens with zero attached hydrogens (tertiary/aromatic N) is 1. The fourth-order valence-corrected chi connectivity index (χ4v) is 3.07. The van der Waals surface area contributed by atoms with Gasteiger partial charge in [-0.1, -0.05) is 6.07 Å². The molecule has 2 aliphatic heterocycles. The minimum absolute atomic E-state index is 0. The molecule has 0 aromatic heterocycles. The highest BCUT2D eigenvalue weighted by molar-refractivity contribution is 5.85. The van der Waals surface area contributed by atoms with Crippen LogP contribution in [-0.4, -0.2) is 38.1 Å². The molecule has 0 spiro atoms. The fourth-order valence-electron chi connectivity index (χ4n) is 3.07. The lowest BCUT2D eigenvalue weighted by Gasteiger charge is -2.20. The Morgan fingerprint density at radius 2 is 1.91 bits per heavy atom. The Bertz CT molecular complexity index is 521. The summed E-state index contributed by atoms with van der Waals surface area (Å²) in [5.74, 6) is -1.05. The highest BCUT2D eigenvalue weighted by atomic mass is 35.5. The van der Waals surface area contributed by atoms with Crippen molar-refractivity contribution in [2.45, 2.75) is 18.9 Å². The Hall–Kier alpha value is -1.11. The number of halogens is 4. The summed E-state index contributed by atoms with van der Waals surface area (Å²) in [6.07, 6.45) is 1.56. The van der Waals surface area contributed by atoms with E-state index in [0.717, 1.165) is 13.0 Å². The van der Waals surface area contributed by atoms with Crippen molar-refractivity contribution >= 4 is 36.4 Å². The Morgan fingerprint density at radius 3 is 2.52 bits per heavy atom. The molecule has 2 heterocycles. The van der Waals surface area contributed by atoms with Crippen molar-refractivity contribution in [2.75, 3.05) is 31.1 Å². The van der Waals surface area contributed by atoms with Gasteiger partial charge in [0.25, 0.3) is 0 Å². The van der Waals surface area contributed by atoms with Crippen LogP contribution in [0.25, 0.3) is 0 Å². The maximum Gasteiger partial charge on any atom is 0.224 e. The van der Waals surface area contributed by atoms with E-state index in [-0.39, 0.29) is 48.4 Å². The van der Waals surface area contributed by atoms with Gasteiger partial charge in [-0.05, 0) is 31.5 Å². The molecule has 2 unspecified atom stereocenters. The lowest BCUT2D eigenvalue weighted by atomic mass is 10.1. The summed E-state index contributed by atoms with van der Waals surface area (Å²) in [6.45, 7) is 2.58. The average Bonchev–Trinajstić information content (AvgIpc) is 3.10. The second-order valence-corrected chi connectivity index (χ2v) is 5.70. The van der Waals surface area contributed by atoms with Crippen molar-refractivity contribution in [3.05, 3.63) is 29.8 Å². The summed E-state index contributed by atoms with van der Waals surface area (Å²) in [5.41, 5.74) is 0.0109. The molecule has 0 saturated carbocycles. The molecule has 0 radical (unpaired) electrons. The second-order valence-electron chi connectivity index (χ2n) is 5.70. The fraction of sp³-hybridized carbons (Fsp3) is 0.533. The van der Waals surface area contributed by atoms with Crippen molar-refractivity contribution in [1.29, 1.82) is 0 Å². The molecule has 0 aliphatic carbocycles. The standard InChI is InChI=1S/C15H19F2N3O.2ClH/c16-12-2-1-3-13(17)14(12)20-7-5-11(9-20)19-15(21)10-4-6-18-8-10;;/h1-3,10-11,18H,4-9H2,(H,19,21);2*1H. The zero-order valence-electron chi connectivity index (χ0n) is 12.6. The van der Waals surface area contributed by atoms with Gasteiger partial charge >= 0.3 is 0 Å². The molecule has 2 aliphatic rings. The number of carbonyl (C=O) groups excluding carboxylic acids is 1. The zero-order valence-corrected chi connectivity index (χ0v) is 14.2. The summed E-state index contributed by atoms with van der Waals surface area (Å²) in [5, 5.41) is 6.15. The van der Waals surface area contributed by atoms with Crippen molar-refractivity contribution in [3.63, 3.8) is 0 Å². The van der Waals surface area contributed by atoms with Crippen LogP contribution >= 0.6 is 24.8 Å². The van der Waals surface area contributed by atoms with Crippen LogP contribution in [0.15, 0.2) is 18.2 Å². The predicted molar refractivity (Wildman–Crippen MR) is 90.6 cm³/mol. The van der Waals surface area contributed by atoms with Gasteiger partial charge in [0.15, 0.2) is 0 Å². The van der Waals surface area contributed by atoms with Gasteiger partial charge in [-0.2, -0.15) is 0 Å². The lowest BCUT2D eigenvalue weighted by Crippen LogP contribution is -2.41. The molecule has 1 amide bonds. The van der Waals surface area contributed by atoms with E-state index in [1.807, 2.05) is 0 Å². The molecule has 1 aromatic rings. The summed E-state index contributed by atoms with van der Waals surface area (Å²) in [7, 11) is 0. The molecule has 2 fully saturated rings. The summed E-state index contributed by atoms with van der Waals surface area (Å²) in [6, 6.07) is 3.83. The Kier molecular flexibility index (Phi) is 7.51. The van der Waals surface area contributed by atoms with Gasteiger partial charge in [-0.15, -0.1) is 24.8 Å². The monoisotopic (exact) mass is 367 g/mol. The molecule has 2 N–H and O–H groups in total. The maximum absolute atomic E-state index is 13.8. The molecule has 4 nitrogen and oxygen atoms in total. The third-order valence-corrected chi connectivity index (χ3v) is 4.22. The minimum atomic E-state index is -0.554. The van der Waals surface area contributed by atoms with Crippen LogP contribution in [0.3, 0.4) is 0 Å². The lowest BCUT2D eigenvalue weighted by molar-refractivity contribution is -0.125. The summed E-state index contributed by atoms with van der Waals surface area (Å²) in [4.78, 5) is 13.7. The molecule has 3 rings (SSSR count). The molecule has 2 atom stereocenters. The quantitative estimate of drug-likeness (QED) is 0.859. The SMILES string of the molecule is Cl.Cl.O=C(NC1CCN(c2c(F)cccc2F)C1)C1CCNC1. The molecule has 23 heavy (non-hydrogen) atoms. The van der Waals surface area contributed by atoms with Crippen LogP contribution in [-0.2, 0) is 4.79 Å². The van der Waals surface area contributed by atoms with Crippen LogP contribution in [0, 0.1) is 17.6 Å². The highest BCUT2D eigenvalue weighted by Crippen LogP contribution is 2.26. The van der Waals surface area contributed by atoms with Gasteiger partial charge in [0.05, 0.1) is 5.92 Å². The molecule has 8 heteroatoms. The molecular formula is C15H21Cl2F2N3O. The number of anilines is 1. The Morgan fingerprint density at radius 1 is 1.22 bits per heavy atom. The van der Waals surface area contributed by atoms with Crippen molar-refractivity contribution < 1.29 is 13.6 Å². The van der Waals surface area contributed by atoms with Crippen molar-refractivity contribution in [1.82, 2.24) is 10.6 Å². The van der Waals surface area contributed by atoms with Crippen molar-refractivity contribution in [3.8, 4) is 0 Å². The first-order valence-corrected chi connectivity index (χ1v) is 7.35. The normalized spacial score (nSPS) is 23.1. The van der Waals surface area contributed by atoms with Crippen LogP contribution in [0.2, 0.25) is 0 Å². The number of carbonyl (C=O) groups is 1. The number of benzene rings is 1. The Balaban J connectivity index is 0.00000132. The largest absolute Gasteiger partial charge is 0.365 e. The molecule has 1 aromatic carbocycles. The van der Waals surface area contributed by atoms with Crippen LogP contribution in [0.4, 0.5) is 14.5 Å². The summed E-state index contributed by atoms with van der Waals surface area (Å²) < 4.78 is 27.5. The van der Waals surface area contributed by atoms with Gasteiger partial charge in [0, 0.05) is 25.7 Å². The van der Waals surface area contributed by atoms with Gasteiger partial charge < -0.3 is 15.5 Å². The van der Waals surface area contributed by atoms with Crippen molar-refractivity contribution in [2.24, 2.45) is 5.92 Å². The predicted octanol–water partition coefficient (Wildman–Crippen LogP) is 2.11. The van der Waals surface area contributed by atoms with Crippen LogP contribution in [0.1, 0.15) is 12.8 Å². The smallest absolute Gasteiger partial charge is 0.224 e. The average molecular weight is 368 g/mol. The third kappa shape index (κ3) is 4.46. The van der Waals surface area contributed by atoms with E-state index in [4.69, 9.17) is 0 Å². The third-order valence-electron chi connectivity index (χ3n) is 4.22. The molecule has 2 saturated heterocycles. The first-order valence-electron chi connectivity index (χ1n) is 7.35. The number of hydrogen-bond acceptors (Lipinski definition) is 3. The van der Waals surface area contributed by atoms with E-state index in [0.29, 0.717) is 26.1 Å². The van der Waals surface area contributed by atoms with Gasteiger partial charge in [-0.25, -0.2) is 8.78 Å². The molecule has 130 valence electrons. The zero-order chi connectivity index (χ0) is 14.8. The van der Waals surface area contributed by atoms with E-state index in [2.05, 4.69) is 10.6 Å². The number of rotatable bonds is 3. The van der Waals surface area contributed by atoms with E-state index < -0.39 is 11.6 Å². The number of amides is 1.